The van der Waals surface area contributed by atoms with Crippen LogP contribution >= 0.6 is 0 Å². The van der Waals surface area contributed by atoms with Crippen LogP contribution in [0.5, 0.6) is 0 Å². The average molecular weight is 340 g/mol. The van der Waals surface area contributed by atoms with Crippen molar-refractivity contribution in [1.82, 2.24) is 4.90 Å². The van der Waals surface area contributed by atoms with Crippen LogP contribution in [0.15, 0.2) is 24.3 Å². The van der Waals surface area contributed by atoms with E-state index in [0.717, 1.165) is 38.2 Å². The van der Waals surface area contributed by atoms with Crippen molar-refractivity contribution in [3.05, 3.63) is 29.8 Å². The van der Waals surface area contributed by atoms with Gasteiger partial charge in [0.25, 0.3) is 0 Å². The summed E-state index contributed by atoms with van der Waals surface area (Å²) in [6.07, 6.45) is 3.37. The van der Waals surface area contributed by atoms with Crippen LogP contribution in [0.4, 0.5) is 5.69 Å². The third kappa shape index (κ3) is 6.49. The number of sulfone groups is 1. The normalized spacial score (nSPS) is 18.7. The van der Waals surface area contributed by atoms with Crippen molar-refractivity contribution in [3.63, 3.8) is 0 Å². The molecular formula is C17H28N2O3S. The molecule has 2 rings (SSSR count). The topological polar surface area (TPSA) is 69.6 Å². The van der Waals surface area contributed by atoms with E-state index in [9.17, 15) is 13.5 Å². The Labute approximate surface area is 139 Å². The number of aliphatic hydroxyl groups excluding tert-OH is 1. The van der Waals surface area contributed by atoms with E-state index in [0.29, 0.717) is 12.5 Å². The molecule has 0 spiro atoms. The van der Waals surface area contributed by atoms with Crippen LogP contribution in [-0.2, 0) is 16.4 Å². The molecule has 23 heavy (non-hydrogen) atoms. The third-order valence-electron chi connectivity index (χ3n) is 4.26. The fraction of sp³-hybridized carbons (Fsp3) is 0.647. The molecule has 5 nitrogen and oxygen atoms in total. The lowest BCUT2D eigenvalue weighted by atomic mass is 9.97. The molecule has 6 heteroatoms. The maximum absolute atomic E-state index is 11.3. The molecule has 1 heterocycles. The molecule has 1 aliphatic heterocycles. The standard InChI is InChI=1S/C17H28N2O3S/c1-14(13-23(2,21)22)18-17-5-3-4-16(10-17)11-19-8-6-15(12-20)7-9-19/h3-5,10,14-15,18,20H,6-9,11-13H2,1-2H3. The van der Waals surface area contributed by atoms with Crippen molar-refractivity contribution < 1.29 is 13.5 Å². The molecule has 1 fully saturated rings. The molecule has 1 atom stereocenters. The Kier molecular flexibility index (Phi) is 6.44. The highest BCUT2D eigenvalue weighted by Crippen LogP contribution is 2.20. The minimum atomic E-state index is -2.98. The monoisotopic (exact) mass is 340 g/mol. The van der Waals surface area contributed by atoms with Gasteiger partial charge in [-0.15, -0.1) is 0 Å². The number of aliphatic hydroxyl groups is 1. The van der Waals surface area contributed by atoms with Gasteiger partial charge in [0.15, 0.2) is 0 Å². The van der Waals surface area contributed by atoms with E-state index in [4.69, 9.17) is 0 Å². The molecule has 130 valence electrons. The smallest absolute Gasteiger partial charge is 0.149 e. The molecule has 2 N–H and O–H groups in total. The molecule has 1 saturated heterocycles. The summed E-state index contributed by atoms with van der Waals surface area (Å²) < 4.78 is 22.7. The van der Waals surface area contributed by atoms with E-state index in [-0.39, 0.29) is 11.8 Å². The van der Waals surface area contributed by atoms with Gasteiger partial charge in [0.2, 0.25) is 0 Å². The van der Waals surface area contributed by atoms with Crippen LogP contribution in [0, 0.1) is 5.92 Å². The number of nitrogens with one attached hydrogen (secondary N) is 1. The number of piperidine rings is 1. The first-order valence-electron chi connectivity index (χ1n) is 8.22. The first-order chi connectivity index (χ1) is 10.9. The molecular weight excluding hydrogens is 312 g/mol. The number of rotatable bonds is 7. The lowest BCUT2D eigenvalue weighted by molar-refractivity contribution is 0.127. The number of benzene rings is 1. The van der Waals surface area contributed by atoms with Crippen LogP contribution in [0.3, 0.4) is 0 Å². The predicted octanol–water partition coefficient (Wildman–Crippen LogP) is 1.74. The number of likely N-dealkylation sites (tertiary alicyclic amines) is 1. The summed E-state index contributed by atoms with van der Waals surface area (Å²) >= 11 is 0. The lowest BCUT2D eigenvalue weighted by Crippen LogP contribution is -2.34. The van der Waals surface area contributed by atoms with E-state index >= 15 is 0 Å². The molecule has 1 unspecified atom stereocenters. The second kappa shape index (κ2) is 8.13. The van der Waals surface area contributed by atoms with Gasteiger partial charge in [-0.2, -0.15) is 0 Å². The van der Waals surface area contributed by atoms with Crippen molar-refractivity contribution >= 4 is 15.5 Å². The number of hydrogen-bond donors (Lipinski definition) is 2. The number of anilines is 1. The van der Waals surface area contributed by atoms with Gasteiger partial charge in [-0.1, -0.05) is 12.1 Å². The van der Waals surface area contributed by atoms with E-state index in [1.54, 1.807) is 0 Å². The summed E-state index contributed by atoms with van der Waals surface area (Å²) in [5, 5.41) is 12.5. The zero-order valence-corrected chi connectivity index (χ0v) is 14.8. The molecule has 1 aromatic carbocycles. The Bertz CT molecular complexity index is 596. The Balaban J connectivity index is 1.90. The largest absolute Gasteiger partial charge is 0.396 e. The Morgan fingerprint density at radius 1 is 1.35 bits per heavy atom. The maximum atomic E-state index is 11.3. The fourth-order valence-electron chi connectivity index (χ4n) is 3.13. The molecule has 1 aromatic rings. The van der Waals surface area contributed by atoms with Crippen molar-refractivity contribution in [2.45, 2.75) is 32.4 Å². The fourth-order valence-corrected chi connectivity index (χ4v) is 4.12. The number of hydrogen-bond acceptors (Lipinski definition) is 5. The zero-order valence-electron chi connectivity index (χ0n) is 14.0. The summed E-state index contributed by atoms with van der Waals surface area (Å²) in [7, 11) is -2.98. The van der Waals surface area contributed by atoms with Crippen LogP contribution < -0.4 is 5.32 Å². The molecule has 0 bridgehead atoms. The van der Waals surface area contributed by atoms with Crippen molar-refractivity contribution in [2.24, 2.45) is 5.92 Å². The van der Waals surface area contributed by atoms with E-state index in [1.807, 2.05) is 19.1 Å². The van der Waals surface area contributed by atoms with Crippen LogP contribution in [0.25, 0.3) is 0 Å². The molecule has 0 saturated carbocycles. The Morgan fingerprint density at radius 2 is 2.04 bits per heavy atom. The van der Waals surface area contributed by atoms with E-state index in [2.05, 4.69) is 22.3 Å². The Hall–Kier alpha value is -1.11. The van der Waals surface area contributed by atoms with Crippen LogP contribution in [0.2, 0.25) is 0 Å². The van der Waals surface area contributed by atoms with Gasteiger partial charge in [0.05, 0.1) is 5.75 Å². The summed E-state index contributed by atoms with van der Waals surface area (Å²) in [6.45, 7) is 5.12. The summed E-state index contributed by atoms with van der Waals surface area (Å²) in [6, 6.07) is 8.06. The number of nitrogens with zero attached hydrogens (tertiary/aromatic N) is 1. The average Bonchev–Trinajstić information content (AvgIpc) is 2.46. The SMILES string of the molecule is CC(CS(C)(=O)=O)Nc1cccc(CN2CCC(CO)CC2)c1. The van der Waals surface area contributed by atoms with Gasteiger partial charge in [0.1, 0.15) is 9.84 Å². The molecule has 0 aromatic heterocycles. The molecule has 0 amide bonds. The quantitative estimate of drug-likeness (QED) is 0.791. The van der Waals surface area contributed by atoms with Gasteiger partial charge in [-0.3, -0.25) is 4.90 Å². The van der Waals surface area contributed by atoms with Crippen molar-refractivity contribution in [1.29, 1.82) is 0 Å². The zero-order chi connectivity index (χ0) is 16.9. The first kappa shape index (κ1) is 18.2. The molecule has 1 aliphatic rings. The molecule has 0 radical (unpaired) electrons. The van der Waals surface area contributed by atoms with E-state index in [1.165, 1.54) is 11.8 Å². The highest BCUT2D eigenvalue weighted by molar-refractivity contribution is 7.90. The predicted molar refractivity (Wildman–Crippen MR) is 94.3 cm³/mol. The van der Waals surface area contributed by atoms with Gasteiger partial charge in [0, 0.05) is 31.1 Å². The lowest BCUT2D eigenvalue weighted by Gasteiger charge is -2.31. The van der Waals surface area contributed by atoms with Gasteiger partial charge in [-0.05, 0) is 56.5 Å². The minimum absolute atomic E-state index is 0.111. The summed E-state index contributed by atoms with van der Waals surface area (Å²) in [5.41, 5.74) is 2.19. The maximum Gasteiger partial charge on any atom is 0.149 e. The minimum Gasteiger partial charge on any atom is -0.396 e. The van der Waals surface area contributed by atoms with Gasteiger partial charge < -0.3 is 10.4 Å². The van der Waals surface area contributed by atoms with Crippen molar-refractivity contribution in [2.75, 3.05) is 37.0 Å². The van der Waals surface area contributed by atoms with Crippen molar-refractivity contribution in [3.8, 4) is 0 Å². The summed E-state index contributed by atoms with van der Waals surface area (Å²) in [4.78, 5) is 2.41. The van der Waals surface area contributed by atoms with E-state index < -0.39 is 9.84 Å². The summed E-state index contributed by atoms with van der Waals surface area (Å²) in [5.74, 6) is 0.586. The van der Waals surface area contributed by atoms with Crippen LogP contribution in [-0.4, -0.2) is 56.2 Å². The van der Waals surface area contributed by atoms with Gasteiger partial charge >= 0.3 is 0 Å². The highest BCUT2D eigenvalue weighted by atomic mass is 32.2. The van der Waals surface area contributed by atoms with Crippen LogP contribution in [0.1, 0.15) is 25.3 Å². The van der Waals surface area contributed by atoms with Gasteiger partial charge in [-0.25, -0.2) is 8.42 Å². The first-order valence-corrected chi connectivity index (χ1v) is 10.3. The highest BCUT2D eigenvalue weighted by Gasteiger charge is 2.18. The third-order valence-corrected chi connectivity index (χ3v) is 5.37. The Morgan fingerprint density at radius 3 is 2.65 bits per heavy atom. The second-order valence-corrected chi connectivity index (χ2v) is 8.93. The second-order valence-electron chi connectivity index (χ2n) is 6.74. The molecule has 0 aliphatic carbocycles.